The van der Waals surface area contributed by atoms with Crippen LogP contribution in [0.2, 0.25) is 0 Å². The van der Waals surface area contributed by atoms with Crippen LogP contribution in [-0.4, -0.2) is 28.9 Å². The highest BCUT2D eigenvalue weighted by atomic mass is 79.9. The second-order valence-electron chi connectivity index (χ2n) is 4.33. The minimum absolute atomic E-state index is 0.0363. The van der Waals surface area contributed by atoms with Crippen molar-refractivity contribution in [3.8, 4) is 0 Å². The van der Waals surface area contributed by atoms with Crippen molar-refractivity contribution in [1.29, 1.82) is 0 Å². The summed E-state index contributed by atoms with van der Waals surface area (Å²) < 4.78 is 0.927. The molecule has 0 saturated heterocycles. The number of carboxylic acids is 1. The van der Waals surface area contributed by atoms with E-state index in [1.54, 1.807) is 24.1 Å². The van der Waals surface area contributed by atoms with Gasteiger partial charge in [0.15, 0.2) is 0 Å². The largest absolute Gasteiger partial charge is 0.478 e. The predicted molar refractivity (Wildman–Crippen MR) is 88.8 cm³/mol. The van der Waals surface area contributed by atoms with Gasteiger partial charge in [0, 0.05) is 29.9 Å². The highest BCUT2D eigenvalue weighted by Crippen LogP contribution is 2.23. The van der Waals surface area contributed by atoms with E-state index >= 15 is 0 Å². The van der Waals surface area contributed by atoms with Crippen molar-refractivity contribution in [1.82, 2.24) is 4.90 Å². The van der Waals surface area contributed by atoms with Gasteiger partial charge >= 0.3 is 5.97 Å². The lowest BCUT2D eigenvalue weighted by molar-refractivity contribution is -0.131. The standard InChI is InChI=1S/C14H12BrNO3S2/c1-16(14(19)10-5-12(15)21-8-10)6-9-4-11(20-7-9)2-3-13(17)18/h2-5,7-8H,6H2,1H3,(H,17,18)/b3-2+. The summed E-state index contributed by atoms with van der Waals surface area (Å²) in [7, 11) is 1.75. The molecule has 110 valence electrons. The van der Waals surface area contributed by atoms with Crippen LogP contribution in [0.3, 0.4) is 0 Å². The molecule has 0 atom stereocenters. The first-order valence-electron chi connectivity index (χ1n) is 5.93. The predicted octanol–water partition coefficient (Wildman–Crippen LogP) is 3.94. The molecule has 0 unspecified atom stereocenters. The first-order valence-corrected chi connectivity index (χ1v) is 8.49. The molecule has 0 aromatic carbocycles. The van der Waals surface area contributed by atoms with Gasteiger partial charge in [-0.15, -0.1) is 22.7 Å². The molecular formula is C14H12BrNO3S2. The van der Waals surface area contributed by atoms with Gasteiger partial charge in [0.2, 0.25) is 0 Å². The number of rotatable bonds is 5. The molecule has 21 heavy (non-hydrogen) atoms. The summed E-state index contributed by atoms with van der Waals surface area (Å²) in [4.78, 5) is 25.2. The minimum Gasteiger partial charge on any atom is -0.478 e. The van der Waals surface area contributed by atoms with Crippen LogP contribution in [0.4, 0.5) is 0 Å². The Kier molecular flexibility index (Phi) is 5.33. The van der Waals surface area contributed by atoms with Crippen LogP contribution in [0.5, 0.6) is 0 Å². The van der Waals surface area contributed by atoms with Gasteiger partial charge in [0.05, 0.1) is 9.35 Å². The maximum Gasteiger partial charge on any atom is 0.328 e. The Morgan fingerprint density at radius 3 is 2.71 bits per heavy atom. The molecule has 2 aromatic rings. The van der Waals surface area contributed by atoms with Gasteiger partial charge < -0.3 is 10.0 Å². The van der Waals surface area contributed by atoms with Gasteiger partial charge in [0.25, 0.3) is 5.91 Å². The third kappa shape index (κ3) is 4.52. The Morgan fingerprint density at radius 1 is 1.33 bits per heavy atom. The number of carbonyl (C=O) groups excluding carboxylic acids is 1. The maximum absolute atomic E-state index is 12.2. The number of halogens is 1. The van der Waals surface area contributed by atoms with Crippen molar-refractivity contribution in [3.63, 3.8) is 0 Å². The average Bonchev–Trinajstić information content (AvgIpc) is 3.04. The van der Waals surface area contributed by atoms with Crippen molar-refractivity contribution >= 4 is 56.6 Å². The van der Waals surface area contributed by atoms with Crippen LogP contribution >= 0.6 is 38.6 Å². The van der Waals surface area contributed by atoms with E-state index in [1.807, 2.05) is 16.8 Å². The fraction of sp³-hybridized carbons (Fsp3) is 0.143. The van der Waals surface area contributed by atoms with Crippen LogP contribution in [0.1, 0.15) is 20.8 Å². The second kappa shape index (κ2) is 7.02. The summed E-state index contributed by atoms with van der Waals surface area (Å²) in [5.74, 6) is -1.01. The van der Waals surface area contributed by atoms with Gasteiger partial charge in [-0.1, -0.05) is 0 Å². The molecule has 0 fully saturated rings. The van der Waals surface area contributed by atoms with Crippen LogP contribution in [-0.2, 0) is 11.3 Å². The number of carboxylic acid groups (broad SMARTS) is 1. The Bertz CT molecular complexity index is 690. The van der Waals surface area contributed by atoms with Gasteiger partial charge in [-0.05, 0) is 45.1 Å². The minimum atomic E-state index is -0.972. The van der Waals surface area contributed by atoms with E-state index in [-0.39, 0.29) is 5.91 Å². The highest BCUT2D eigenvalue weighted by Gasteiger charge is 2.14. The molecule has 0 aliphatic heterocycles. The zero-order chi connectivity index (χ0) is 15.4. The van der Waals surface area contributed by atoms with Crippen LogP contribution < -0.4 is 0 Å². The Hall–Kier alpha value is -1.44. The lowest BCUT2D eigenvalue weighted by atomic mass is 10.2. The fourth-order valence-electron chi connectivity index (χ4n) is 1.71. The topological polar surface area (TPSA) is 57.6 Å². The second-order valence-corrected chi connectivity index (χ2v) is 7.56. The molecule has 4 nitrogen and oxygen atoms in total. The molecule has 1 amide bonds. The molecule has 1 N–H and O–H groups in total. The third-order valence-corrected chi connectivity index (χ3v) is 5.10. The highest BCUT2D eigenvalue weighted by molar-refractivity contribution is 9.11. The normalized spacial score (nSPS) is 11.0. The Morgan fingerprint density at radius 2 is 2.10 bits per heavy atom. The van der Waals surface area contributed by atoms with Crippen molar-refractivity contribution < 1.29 is 14.7 Å². The number of thiophene rings is 2. The van der Waals surface area contributed by atoms with E-state index in [2.05, 4.69) is 15.9 Å². The fourth-order valence-corrected chi connectivity index (χ4v) is 3.63. The monoisotopic (exact) mass is 385 g/mol. The lowest BCUT2D eigenvalue weighted by Crippen LogP contribution is -2.25. The number of hydrogen-bond acceptors (Lipinski definition) is 4. The molecule has 0 saturated carbocycles. The zero-order valence-corrected chi connectivity index (χ0v) is 14.3. The van der Waals surface area contributed by atoms with Crippen molar-refractivity contribution in [2.75, 3.05) is 7.05 Å². The molecule has 2 heterocycles. The van der Waals surface area contributed by atoms with E-state index in [0.717, 1.165) is 20.3 Å². The molecular weight excluding hydrogens is 374 g/mol. The SMILES string of the molecule is CN(Cc1csc(/C=C/C(=O)O)c1)C(=O)c1csc(Br)c1. The maximum atomic E-state index is 12.2. The summed E-state index contributed by atoms with van der Waals surface area (Å²) in [6.45, 7) is 0.490. The van der Waals surface area contributed by atoms with E-state index in [1.165, 1.54) is 22.7 Å². The number of carbonyl (C=O) groups is 2. The molecule has 0 aliphatic rings. The lowest BCUT2D eigenvalue weighted by Gasteiger charge is -2.15. The molecule has 0 radical (unpaired) electrons. The van der Waals surface area contributed by atoms with Crippen LogP contribution in [0.15, 0.2) is 32.8 Å². The summed E-state index contributed by atoms with van der Waals surface area (Å²) in [6.07, 6.45) is 2.65. The van der Waals surface area contributed by atoms with Crippen LogP contribution in [0.25, 0.3) is 6.08 Å². The number of aliphatic carboxylic acids is 1. The summed E-state index contributed by atoms with van der Waals surface area (Å²) in [6, 6.07) is 3.69. The molecule has 7 heteroatoms. The smallest absolute Gasteiger partial charge is 0.328 e. The molecule has 0 spiro atoms. The Balaban J connectivity index is 2.01. The van der Waals surface area contributed by atoms with Gasteiger partial charge in [0.1, 0.15) is 0 Å². The first-order chi connectivity index (χ1) is 9.95. The number of amides is 1. The molecule has 2 rings (SSSR count). The van der Waals surface area contributed by atoms with Gasteiger partial charge in [-0.2, -0.15) is 0 Å². The number of nitrogens with zero attached hydrogens (tertiary/aromatic N) is 1. The van der Waals surface area contributed by atoms with E-state index < -0.39 is 5.97 Å². The van der Waals surface area contributed by atoms with Crippen molar-refractivity contribution in [2.24, 2.45) is 0 Å². The third-order valence-electron chi connectivity index (χ3n) is 2.65. The molecule has 0 aliphatic carbocycles. The quantitative estimate of drug-likeness (QED) is 0.792. The van der Waals surface area contributed by atoms with Gasteiger partial charge in [-0.3, -0.25) is 4.79 Å². The van der Waals surface area contributed by atoms with E-state index in [4.69, 9.17) is 5.11 Å². The average molecular weight is 386 g/mol. The van der Waals surface area contributed by atoms with E-state index in [0.29, 0.717) is 12.1 Å². The van der Waals surface area contributed by atoms with E-state index in [9.17, 15) is 9.59 Å². The summed E-state index contributed by atoms with van der Waals surface area (Å²) >= 11 is 6.27. The number of hydrogen-bond donors (Lipinski definition) is 1. The molecule has 2 aromatic heterocycles. The molecule has 0 bridgehead atoms. The Labute approximate surface area is 138 Å². The summed E-state index contributed by atoms with van der Waals surface area (Å²) in [5.41, 5.74) is 1.64. The van der Waals surface area contributed by atoms with Crippen LogP contribution in [0, 0.1) is 0 Å². The summed E-state index contributed by atoms with van der Waals surface area (Å²) in [5, 5.41) is 12.3. The van der Waals surface area contributed by atoms with Crippen molar-refractivity contribution in [2.45, 2.75) is 6.54 Å². The first kappa shape index (κ1) is 15.9. The zero-order valence-electron chi connectivity index (χ0n) is 11.1. The van der Waals surface area contributed by atoms with Crippen molar-refractivity contribution in [3.05, 3.63) is 48.8 Å². The van der Waals surface area contributed by atoms with Gasteiger partial charge in [-0.25, -0.2) is 4.79 Å².